The Bertz CT molecular complexity index is 856. The summed E-state index contributed by atoms with van der Waals surface area (Å²) in [7, 11) is 0. The number of carbonyl (C=O) groups is 2. The number of halogens is 3. The lowest BCUT2D eigenvalue weighted by Gasteiger charge is -2.29. The number of alkyl halides is 3. The summed E-state index contributed by atoms with van der Waals surface area (Å²) in [6, 6.07) is 13.5. The van der Waals surface area contributed by atoms with Gasteiger partial charge in [-0.25, -0.2) is 0 Å². The van der Waals surface area contributed by atoms with Gasteiger partial charge >= 0.3 is 5.51 Å². The van der Waals surface area contributed by atoms with Crippen LogP contribution in [0.4, 0.5) is 13.2 Å². The molecule has 0 unspecified atom stereocenters. The fourth-order valence-electron chi connectivity index (χ4n) is 3.04. The average Bonchev–Trinajstić information content (AvgIpc) is 2.69. The molecule has 1 aliphatic rings. The topological polar surface area (TPSA) is 46.6 Å². The second-order valence-electron chi connectivity index (χ2n) is 6.40. The molecule has 0 fully saturated rings. The maximum atomic E-state index is 12.5. The lowest BCUT2D eigenvalue weighted by atomic mass is 9.99. The Kier molecular flexibility index (Phi) is 6.28. The minimum absolute atomic E-state index is 0.0915. The molecular formula is C20H18F3NO3S. The number of rotatable bonds is 6. The number of carbonyl (C=O) groups excluding carboxylic acids is 2. The minimum Gasteiger partial charge on any atom is -0.417 e. The molecule has 1 aliphatic heterocycles. The van der Waals surface area contributed by atoms with E-state index in [0.29, 0.717) is 25.1 Å². The van der Waals surface area contributed by atoms with Gasteiger partial charge in [0.05, 0.1) is 0 Å². The minimum atomic E-state index is -4.48. The molecule has 0 aromatic heterocycles. The van der Waals surface area contributed by atoms with Gasteiger partial charge in [-0.3, -0.25) is 9.59 Å². The average molecular weight is 409 g/mol. The summed E-state index contributed by atoms with van der Waals surface area (Å²) in [5.41, 5.74) is -2.17. The molecule has 148 valence electrons. The molecule has 2 aromatic rings. The molecule has 0 radical (unpaired) electrons. The van der Waals surface area contributed by atoms with E-state index < -0.39 is 17.6 Å². The third-order valence-electron chi connectivity index (χ3n) is 4.44. The summed E-state index contributed by atoms with van der Waals surface area (Å²) in [6.45, 7) is 0.810. The molecule has 0 saturated heterocycles. The molecule has 2 aromatic carbocycles. The van der Waals surface area contributed by atoms with Gasteiger partial charge in [-0.05, 0) is 29.7 Å². The van der Waals surface area contributed by atoms with Crippen LogP contribution >= 0.6 is 12.0 Å². The third kappa shape index (κ3) is 5.51. The molecule has 0 aliphatic carbocycles. The third-order valence-corrected chi connectivity index (χ3v) is 4.90. The number of benzene rings is 2. The highest BCUT2D eigenvalue weighted by atomic mass is 32.2. The van der Waals surface area contributed by atoms with Crippen molar-refractivity contribution in [3.63, 3.8) is 0 Å². The van der Waals surface area contributed by atoms with Crippen LogP contribution in [0.15, 0.2) is 48.5 Å². The lowest BCUT2D eigenvalue weighted by Crippen LogP contribution is -2.36. The SMILES string of the molecule is O=C(CCC(=O)N1CCc2ccc(OSC(F)(F)F)cc2C1)c1ccccc1. The van der Waals surface area contributed by atoms with E-state index in [9.17, 15) is 22.8 Å². The lowest BCUT2D eigenvalue weighted by molar-refractivity contribution is -0.132. The monoisotopic (exact) mass is 409 g/mol. The van der Waals surface area contributed by atoms with E-state index in [1.54, 1.807) is 35.2 Å². The van der Waals surface area contributed by atoms with Gasteiger partial charge in [0.1, 0.15) is 5.75 Å². The van der Waals surface area contributed by atoms with Crippen molar-refractivity contribution < 1.29 is 26.9 Å². The quantitative estimate of drug-likeness (QED) is 0.509. The Morgan fingerprint density at radius 2 is 1.79 bits per heavy atom. The number of hydrogen-bond donors (Lipinski definition) is 0. The zero-order valence-corrected chi connectivity index (χ0v) is 15.7. The molecule has 28 heavy (non-hydrogen) atoms. The molecular weight excluding hydrogens is 391 g/mol. The van der Waals surface area contributed by atoms with Crippen LogP contribution in [0.25, 0.3) is 0 Å². The second-order valence-corrected chi connectivity index (χ2v) is 7.19. The summed E-state index contributed by atoms with van der Waals surface area (Å²) in [5, 5.41) is 0. The van der Waals surface area contributed by atoms with Gasteiger partial charge in [0, 0.05) is 31.5 Å². The van der Waals surface area contributed by atoms with Gasteiger partial charge in [0.2, 0.25) is 5.91 Å². The van der Waals surface area contributed by atoms with Crippen LogP contribution in [0.2, 0.25) is 0 Å². The largest absolute Gasteiger partial charge is 0.479 e. The van der Waals surface area contributed by atoms with Crippen molar-refractivity contribution in [1.29, 1.82) is 0 Å². The summed E-state index contributed by atoms with van der Waals surface area (Å²) in [6.07, 6.45) is 0.834. The fraction of sp³-hybridized carbons (Fsp3) is 0.300. The molecule has 3 rings (SSSR count). The van der Waals surface area contributed by atoms with Crippen LogP contribution in [0.3, 0.4) is 0 Å². The molecule has 0 bridgehead atoms. The summed E-state index contributed by atoms with van der Waals surface area (Å²) in [5.74, 6) is -0.147. The zero-order valence-electron chi connectivity index (χ0n) is 14.9. The van der Waals surface area contributed by atoms with Crippen molar-refractivity contribution in [3.05, 3.63) is 65.2 Å². The standard InChI is InChI=1S/C20H18F3NO3S/c21-20(22,23)28-27-17-7-6-14-10-11-24(13-16(14)12-17)19(26)9-8-18(25)15-4-2-1-3-5-15/h1-7,12H,8-11,13H2. The van der Waals surface area contributed by atoms with Crippen molar-refractivity contribution in [3.8, 4) is 5.75 Å². The van der Waals surface area contributed by atoms with E-state index in [0.717, 1.165) is 11.1 Å². The van der Waals surface area contributed by atoms with Crippen molar-refractivity contribution in [2.24, 2.45) is 0 Å². The summed E-state index contributed by atoms with van der Waals surface area (Å²) in [4.78, 5) is 26.2. The first-order chi connectivity index (χ1) is 13.3. The molecule has 0 spiro atoms. The molecule has 0 saturated carbocycles. The van der Waals surface area contributed by atoms with Gasteiger partial charge in [0.25, 0.3) is 0 Å². The van der Waals surface area contributed by atoms with Gasteiger partial charge < -0.3 is 9.08 Å². The number of amides is 1. The molecule has 4 nitrogen and oxygen atoms in total. The van der Waals surface area contributed by atoms with Crippen LogP contribution in [0.1, 0.15) is 34.3 Å². The van der Waals surface area contributed by atoms with Gasteiger partial charge in [-0.2, -0.15) is 13.2 Å². The van der Waals surface area contributed by atoms with Crippen molar-refractivity contribution in [2.45, 2.75) is 31.3 Å². The first-order valence-corrected chi connectivity index (χ1v) is 9.46. The normalized spacial score (nSPS) is 13.8. The fourth-order valence-corrected chi connectivity index (χ4v) is 3.33. The highest BCUT2D eigenvalue weighted by molar-refractivity contribution is 7.95. The Morgan fingerprint density at radius 3 is 2.50 bits per heavy atom. The highest BCUT2D eigenvalue weighted by Gasteiger charge is 2.31. The molecule has 1 amide bonds. The van der Waals surface area contributed by atoms with E-state index in [1.807, 2.05) is 6.07 Å². The summed E-state index contributed by atoms with van der Waals surface area (Å²) < 4.78 is 41.5. The number of nitrogens with zero attached hydrogens (tertiary/aromatic N) is 1. The zero-order chi connectivity index (χ0) is 20.1. The Hall–Kier alpha value is -2.48. The molecule has 0 atom stereocenters. The van der Waals surface area contributed by atoms with Crippen LogP contribution in [-0.2, 0) is 17.8 Å². The van der Waals surface area contributed by atoms with Crippen LogP contribution in [0, 0.1) is 0 Å². The van der Waals surface area contributed by atoms with E-state index >= 15 is 0 Å². The Labute approximate surface area is 164 Å². The van der Waals surface area contributed by atoms with Crippen molar-refractivity contribution >= 4 is 23.7 Å². The first kappa shape index (κ1) is 20.3. The molecule has 0 N–H and O–H groups in total. The number of fused-ring (bicyclic) bond motifs is 1. The predicted octanol–water partition coefficient (Wildman–Crippen LogP) is 4.78. The highest BCUT2D eigenvalue weighted by Crippen LogP contribution is 2.34. The Morgan fingerprint density at radius 1 is 1.04 bits per heavy atom. The predicted molar refractivity (Wildman–Crippen MR) is 99.8 cm³/mol. The van der Waals surface area contributed by atoms with E-state index in [1.165, 1.54) is 12.1 Å². The molecule has 1 heterocycles. The number of Topliss-reactive ketones (excluding diaryl/α,β-unsaturated/α-hetero) is 1. The van der Waals surface area contributed by atoms with Crippen LogP contribution in [-0.4, -0.2) is 28.6 Å². The second kappa shape index (κ2) is 8.68. The smallest absolute Gasteiger partial charge is 0.417 e. The number of ketones is 1. The van der Waals surface area contributed by atoms with Crippen LogP contribution in [0.5, 0.6) is 5.75 Å². The Balaban J connectivity index is 1.57. The maximum absolute atomic E-state index is 12.5. The summed E-state index contributed by atoms with van der Waals surface area (Å²) >= 11 is -0.564. The van der Waals surface area contributed by atoms with Crippen molar-refractivity contribution in [1.82, 2.24) is 4.90 Å². The van der Waals surface area contributed by atoms with E-state index in [4.69, 9.17) is 4.18 Å². The van der Waals surface area contributed by atoms with Gasteiger partial charge in [0.15, 0.2) is 17.8 Å². The number of hydrogen-bond acceptors (Lipinski definition) is 4. The maximum Gasteiger partial charge on any atom is 0.479 e. The van der Waals surface area contributed by atoms with Crippen molar-refractivity contribution in [2.75, 3.05) is 6.54 Å². The molecule has 8 heteroatoms. The first-order valence-electron chi connectivity index (χ1n) is 8.72. The van der Waals surface area contributed by atoms with Gasteiger partial charge in [-0.1, -0.05) is 36.4 Å². The van der Waals surface area contributed by atoms with Gasteiger partial charge in [-0.15, -0.1) is 0 Å². The van der Waals surface area contributed by atoms with E-state index in [2.05, 4.69) is 0 Å². The van der Waals surface area contributed by atoms with Crippen LogP contribution < -0.4 is 4.18 Å². The van der Waals surface area contributed by atoms with E-state index in [-0.39, 0.29) is 30.3 Å².